The highest BCUT2D eigenvalue weighted by Crippen LogP contribution is 2.65. The van der Waals surface area contributed by atoms with Gasteiger partial charge in [0.05, 0.1) is 6.04 Å². The van der Waals surface area contributed by atoms with Crippen LogP contribution in [0.2, 0.25) is 0 Å². The molecule has 10 nitrogen and oxygen atoms in total. The summed E-state index contributed by atoms with van der Waals surface area (Å²) in [6.07, 6.45) is 0.733. The largest absolute Gasteiger partial charge is 0.444 e. The Morgan fingerprint density at radius 1 is 1.00 bits per heavy atom. The van der Waals surface area contributed by atoms with Crippen LogP contribution in [0.25, 0.3) is 0 Å². The minimum atomic E-state index is -1.01. The quantitative estimate of drug-likeness (QED) is 0.333. The molecule has 1 saturated carbocycles. The Balaban J connectivity index is 1.75. The number of carbonyl (C=O) groups is 5. The maximum Gasteiger partial charge on any atom is 0.408 e. The molecule has 2 fully saturated rings. The number of hydrogen-bond donors (Lipinski definition) is 3. The SMILES string of the molecule is CCCC(NC(=O)[C@@H]1[C@@H]2[C@H](CN1C(=O)[C@@H](NC(=O)OC(C)(C)C)C(C)(C)C)C2(C)C)C(=O)C(=O)NCCc1ccccc1. The molecular weight excluding hydrogens is 548 g/mol. The number of Topliss-reactive ketones (excluding diaryl/α,β-unsaturated/α-hetero) is 1. The van der Waals surface area contributed by atoms with Crippen LogP contribution in [0.1, 0.15) is 80.7 Å². The van der Waals surface area contributed by atoms with Crippen molar-refractivity contribution in [3.05, 3.63) is 35.9 Å². The molecule has 238 valence electrons. The van der Waals surface area contributed by atoms with Gasteiger partial charge in [-0.1, -0.05) is 78.3 Å². The van der Waals surface area contributed by atoms with Crippen LogP contribution in [0, 0.1) is 22.7 Å². The summed E-state index contributed by atoms with van der Waals surface area (Å²) in [5.41, 5.74) is -0.536. The summed E-state index contributed by atoms with van der Waals surface area (Å²) >= 11 is 0. The standard InChI is InChI=1S/C33H50N4O6/c1-10-14-22(25(38)28(40)34-18-17-20-15-12-11-13-16-20)35-27(39)24-23-21(33(23,8)9)19-37(24)29(41)26(31(2,3)4)36-30(42)43-32(5,6)7/h11-13,15-16,21-24,26H,10,14,17-19H2,1-9H3,(H,34,40)(H,35,39)(H,36,42)/t21-,22?,23-,24-,26+/m0/s1. The first-order chi connectivity index (χ1) is 19.9. The molecule has 3 rings (SSSR count). The Morgan fingerprint density at radius 2 is 1.63 bits per heavy atom. The van der Waals surface area contributed by atoms with Crippen LogP contribution < -0.4 is 16.0 Å². The van der Waals surface area contributed by atoms with E-state index >= 15 is 0 Å². The van der Waals surface area contributed by atoms with Gasteiger partial charge in [-0.15, -0.1) is 0 Å². The van der Waals surface area contributed by atoms with Gasteiger partial charge in [-0.05, 0) is 61.8 Å². The summed E-state index contributed by atoms with van der Waals surface area (Å²) < 4.78 is 5.42. The number of ketones is 1. The molecule has 0 radical (unpaired) electrons. The summed E-state index contributed by atoms with van der Waals surface area (Å²) in [7, 11) is 0. The van der Waals surface area contributed by atoms with Crippen molar-refractivity contribution in [3.63, 3.8) is 0 Å². The summed E-state index contributed by atoms with van der Waals surface area (Å²) in [6, 6.07) is 6.85. The number of alkyl carbamates (subject to hydrolysis) is 1. The van der Waals surface area contributed by atoms with Gasteiger partial charge in [0.1, 0.15) is 17.7 Å². The van der Waals surface area contributed by atoms with Gasteiger partial charge < -0.3 is 25.6 Å². The number of hydrogen-bond acceptors (Lipinski definition) is 6. The molecule has 43 heavy (non-hydrogen) atoms. The van der Waals surface area contributed by atoms with Crippen LogP contribution in [-0.2, 0) is 30.3 Å². The maximum absolute atomic E-state index is 14.0. The van der Waals surface area contributed by atoms with Crippen molar-refractivity contribution in [2.75, 3.05) is 13.1 Å². The van der Waals surface area contributed by atoms with Crippen LogP contribution in [0.3, 0.4) is 0 Å². The lowest BCUT2D eigenvalue weighted by molar-refractivity contribution is -0.145. The van der Waals surface area contributed by atoms with Crippen molar-refractivity contribution in [3.8, 4) is 0 Å². The molecule has 3 N–H and O–H groups in total. The molecular formula is C33H50N4O6. The number of likely N-dealkylation sites (tertiary alicyclic amines) is 1. The Morgan fingerprint density at radius 3 is 2.19 bits per heavy atom. The molecule has 5 atom stereocenters. The number of ether oxygens (including phenoxy) is 1. The monoisotopic (exact) mass is 598 g/mol. The minimum absolute atomic E-state index is 0.101. The van der Waals surface area contributed by atoms with Crippen LogP contribution in [0.4, 0.5) is 4.79 Å². The molecule has 1 aliphatic heterocycles. The summed E-state index contributed by atoms with van der Waals surface area (Å²) in [4.78, 5) is 68.1. The number of amides is 4. The highest BCUT2D eigenvalue weighted by atomic mass is 16.6. The number of nitrogens with zero attached hydrogens (tertiary/aromatic N) is 1. The number of nitrogens with one attached hydrogen (secondary N) is 3. The van der Waals surface area contributed by atoms with E-state index in [1.54, 1.807) is 20.8 Å². The van der Waals surface area contributed by atoms with Crippen LogP contribution in [-0.4, -0.2) is 71.3 Å². The third kappa shape index (κ3) is 8.36. The zero-order valence-electron chi connectivity index (χ0n) is 27.2. The van der Waals surface area contributed by atoms with E-state index in [0.29, 0.717) is 32.4 Å². The average molecular weight is 599 g/mol. The molecule has 1 aromatic carbocycles. The van der Waals surface area contributed by atoms with E-state index in [1.165, 1.54) is 4.90 Å². The summed E-state index contributed by atoms with van der Waals surface area (Å²) in [5.74, 6) is -2.27. The van der Waals surface area contributed by atoms with Gasteiger partial charge in [-0.2, -0.15) is 0 Å². The first-order valence-electron chi connectivity index (χ1n) is 15.3. The molecule has 1 heterocycles. The van der Waals surface area contributed by atoms with Gasteiger partial charge >= 0.3 is 6.09 Å². The second kappa shape index (κ2) is 13.1. The third-order valence-electron chi connectivity index (χ3n) is 8.51. The lowest BCUT2D eigenvalue weighted by Gasteiger charge is -2.38. The molecule has 4 amide bonds. The van der Waals surface area contributed by atoms with Gasteiger partial charge in [0.2, 0.25) is 17.6 Å². The number of rotatable bonds is 11. The zero-order valence-corrected chi connectivity index (χ0v) is 27.2. The fourth-order valence-corrected chi connectivity index (χ4v) is 6.08. The maximum atomic E-state index is 14.0. The fourth-order valence-electron chi connectivity index (χ4n) is 6.08. The van der Waals surface area contributed by atoms with Crippen LogP contribution in [0.15, 0.2) is 30.3 Å². The molecule has 1 aliphatic carbocycles. The molecule has 0 spiro atoms. The van der Waals surface area contributed by atoms with Crippen molar-refractivity contribution in [1.82, 2.24) is 20.9 Å². The number of piperidine rings is 1. The van der Waals surface area contributed by atoms with Crippen molar-refractivity contribution >= 4 is 29.6 Å². The van der Waals surface area contributed by atoms with Gasteiger partial charge in [0, 0.05) is 13.1 Å². The summed E-state index contributed by atoms with van der Waals surface area (Å²) in [6.45, 7) is 17.4. The topological polar surface area (TPSA) is 134 Å². The highest BCUT2D eigenvalue weighted by Gasteiger charge is 2.70. The van der Waals surface area contributed by atoms with E-state index in [1.807, 2.05) is 58.0 Å². The number of carbonyl (C=O) groups excluding carboxylic acids is 5. The molecule has 1 saturated heterocycles. The molecule has 10 heteroatoms. The Hall–Kier alpha value is -3.43. The third-order valence-corrected chi connectivity index (χ3v) is 8.51. The summed E-state index contributed by atoms with van der Waals surface area (Å²) in [5, 5.41) is 8.24. The Labute approximate surface area is 256 Å². The van der Waals surface area contributed by atoms with Crippen LogP contribution in [0.5, 0.6) is 0 Å². The number of fused-ring (bicyclic) bond motifs is 1. The van der Waals surface area contributed by atoms with Gasteiger partial charge in [0.15, 0.2) is 0 Å². The normalized spacial score (nSPS) is 22.1. The first-order valence-corrected chi connectivity index (χ1v) is 15.3. The average Bonchev–Trinajstić information content (AvgIpc) is 3.21. The minimum Gasteiger partial charge on any atom is -0.444 e. The van der Waals surface area contributed by atoms with E-state index in [-0.39, 0.29) is 23.2 Å². The molecule has 0 bridgehead atoms. The second-order valence-corrected chi connectivity index (χ2v) is 14.5. The van der Waals surface area contributed by atoms with Gasteiger partial charge in [-0.3, -0.25) is 19.2 Å². The second-order valence-electron chi connectivity index (χ2n) is 14.5. The fraction of sp³-hybridized carbons (Fsp3) is 0.667. The molecule has 1 aromatic rings. The lowest BCUT2D eigenvalue weighted by Crippen LogP contribution is -2.60. The van der Waals surface area contributed by atoms with E-state index < -0.39 is 52.8 Å². The zero-order chi connectivity index (χ0) is 32.3. The Kier molecular flexibility index (Phi) is 10.3. The smallest absolute Gasteiger partial charge is 0.408 e. The molecule has 1 unspecified atom stereocenters. The van der Waals surface area contributed by atoms with Crippen molar-refractivity contribution < 1.29 is 28.7 Å². The van der Waals surface area contributed by atoms with E-state index in [0.717, 1.165) is 5.56 Å². The van der Waals surface area contributed by atoms with Crippen LogP contribution >= 0.6 is 0 Å². The molecule has 2 aliphatic rings. The first kappa shape index (κ1) is 34.1. The van der Waals surface area contributed by atoms with E-state index in [9.17, 15) is 24.0 Å². The predicted octanol–water partition coefficient (Wildman–Crippen LogP) is 3.62. The lowest BCUT2D eigenvalue weighted by atomic mass is 9.85. The van der Waals surface area contributed by atoms with Crippen molar-refractivity contribution in [1.29, 1.82) is 0 Å². The predicted molar refractivity (Wildman–Crippen MR) is 164 cm³/mol. The molecule has 0 aromatic heterocycles. The Bertz CT molecular complexity index is 1200. The van der Waals surface area contributed by atoms with E-state index in [4.69, 9.17) is 4.74 Å². The van der Waals surface area contributed by atoms with Crippen molar-refractivity contribution in [2.24, 2.45) is 22.7 Å². The van der Waals surface area contributed by atoms with Gasteiger partial charge in [-0.25, -0.2) is 4.79 Å². The highest BCUT2D eigenvalue weighted by molar-refractivity contribution is 6.38. The number of benzene rings is 1. The van der Waals surface area contributed by atoms with Crippen molar-refractivity contribution in [2.45, 2.75) is 105 Å². The van der Waals surface area contributed by atoms with E-state index in [2.05, 4.69) is 29.8 Å². The van der Waals surface area contributed by atoms with Gasteiger partial charge in [0.25, 0.3) is 5.91 Å².